The van der Waals surface area contributed by atoms with Crippen LogP contribution < -0.4 is 9.91 Å². The van der Waals surface area contributed by atoms with E-state index in [4.69, 9.17) is 10.1 Å². The fourth-order valence-electron chi connectivity index (χ4n) is 4.61. The molecule has 0 radical (unpaired) electrons. The molecule has 2 aliphatic rings. The Hall–Kier alpha value is -3.83. The Morgan fingerprint density at radius 2 is 1.35 bits per heavy atom. The third-order valence-electron chi connectivity index (χ3n) is 6.22. The fourth-order valence-corrected chi connectivity index (χ4v) is 5.96. The zero-order valence-electron chi connectivity index (χ0n) is 18.9. The van der Waals surface area contributed by atoms with Crippen LogP contribution in [-0.4, -0.2) is 15.8 Å². The molecule has 4 aromatic rings. The molecule has 6 rings (SSSR count). The molecular weight excluding hydrogens is 436 g/mol. The van der Waals surface area contributed by atoms with Crippen LogP contribution in [0.1, 0.15) is 18.1 Å². The number of thioether (sulfide) groups is 1. The number of aliphatic imine (C=N–C) groups is 1. The highest BCUT2D eigenvalue weighted by Gasteiger charge is 2.54. The lowest BCUT2D eigenvalue weighted by molar-refractivity contribution is 0.629. The predicted octanol–water partition coefficient (Wildman–Crippen LogP) is 7.07. The summed E-state index contributed by atoms with van der Waals surface area (Å²) in [5, 5.41) is 8.34. The molecule has 0 fully saturated rings. The van der Waals surface area contributed by atoms with Crippen molar-refractivity contribution < 1.29 is 0 Å². The second kappa shape index (κ2) is 8.50. The van der Waals surface area contributed by atoms with E-state index in [1.807, 2.05) is 12.1 Å². The topological polar surface area (TPSA) is 31.2 Å². The molecule has 1 atom stereocenters. The number of nitrogens with zero attached hydrogens (tertiary/aromatic N) is 4. The molecule has 0 aliphatic carbocycles. The Morgan fingerprint density at radius 3 is 2.09 bits per heavy atom. The third-order valence-corrected chi connectivity index (χ3v) is 7.70. The Bertz CT molecular complexity index is 1370. The van der Waals surface area contributed by atoms with E-state index in [1.165, 1.54) is 5.56 Å². The summed E-state index contributed by atoms with van der Waals surface area (Å²) in [5.41, 5.74) is 6.49. The molecule has 2 heterocycles. The lowest BCUT2D eigenvalue weighted by atomic mass is 10.1. The standard InChI is InChI=1S/C29H24N4S/c1-22-29(32(21-23-13-5-2-6-14-23)27-20-12-11-19-26(27)30-22)33(25-17-9-4-10-18-25)31-28(34-29)24-15-7-3-8-16-24/h2-20H,21H2,1H3. The molecule has 0 saturated heterocycles. The van der Waals surface area contributed by atoms with Crippen LogP contribution in [0.4, 0.5) is 17.1 Å². The summed E-state index contributed by atoms with van der Waals surface area (Å²) in [5.74, 6) is 0. The van der Waals surface area contributed by atoms with E-state index >= 15 is 0 Å². The van der Waals surface area contributed by atoms with Crippen molar-refractivity contribution in [1.29, 1.82) is 0 Å². The van der Waals surface area contributed by atoms with E-state index in [-0.39, 0.29) is 0 Å². The molecule has 34 heavy (non-hydrogen) atoms. The Labute approximate surface area is 204 Å². The molecule has 2 aliphatic heterocycles. The minimum absolute atomic E-state index is 0.628. The molecule has 1 unspecified atom stereocenters. The minimum atomic E-state index is -0.628. The number of fused-ring (bicyclic) bond motifs is 1. The van der Waals surface area contributed by atoms with Crippen LogP contribution in [0, 0.1) is 0 Å². The first-order chi connectivity index (χ1) is 16.8. The second-order valence-corrected chi connectivity index (χ2v) is 9.55. The predicted molar refractivity (Wildman–Crippen MR) is 144 cm³/mol. The number of benzene rings is 4. The monoisotopic (exact) mass is 460 g/mol. The molecule has 4 aromatic carbocycles. The van der Waals surface area contributed by atoms with Gasteiger partial charge in [0.25, 0.3) is 0 Å². The number of hydrogen-bond acceptors (Lipinski definition) is 5. The van der Waals surface area contributed by atoms with Crippen LogP contribution in [0.25, 0.3) is 0 Å². The maximum atomic E-state index is 5.21. The van der Waals surface area contributed by atoms with Crippen LogP contribution >= 0.6 is 11.8 Å². The zero-order valence-corrected chi connectivity index (χ0v) is 19.7. The third kappa shape index (κ3) is 3.40. The van der Waals surface area contributed by atoms with Gasteiger partial charge in [0.1, 0.15) is 5.04 Å². The number of hydrazone groups is 1. The van der Waals surface area contributed by atoms with Gasteiger partial charge in [0, 0.05) is 12.1 Å². The first-order valence-corrected chi connectivity index (χ1v) is 12.2. The van der Waals surface area contributed by atoms with Gasteiger partial charge < -0.3 is 4.90 Å². The van der Waals surface area contributed by atoms with Gasteiger partial charge in [-0.05, 0) is 48.5 Å². The van der Waals surface area contributed by atoms with Gasteiger partial charge in [-0.2, -0.15) is 5.10 Å². The molecule has 1 spiro atoms. The molecule has 5 heteroatoms. The molecular formula is C29H24N4S. The molecule has 4 nitrogen and oxygen atoms in total. The summed E-state index contributed by atoms with van der Waals surface area (Å²) in [6.45, 7) is 2.86. The van der Waals surface area contributed by atoms with Crippen molar-refractivity contribution in [3.63, 3.8) is 0 Å². The number of hydrogen-bond donors (Lipinski definition) is 0. The van der Waals surface area contributed by atoms with Gasteiger partial charge in [0.05, 0.1) is 22.8 Å². The van der Waals surface area contributed by atoms with Gasteiger partial charge in [0.15, 0.2) is 0 Å². The average Bonchev–Trinajstić information content (AvgIpc) is 3.30. The molecule has 0 aromatic heterocycles. The highest BCUT2D eigenvalue weighted by Crippen LogP contribution is 2.52. The van der Waals surface area contributed by atoms with Gasteiger partial charge in [0.2, 0.25) is 4.99 Å². The quantitative estimate of drug-likeness (QED) is 0.326. The second-order valence-electron chi connectivity index (χ2n) is 8.39. The van der Waals surface area contributed by atoms with Crippen LogP contribution in [0.3, 0.4) is 0 Å². The van der Waals surface area contributed by atoms with E-state index in [9.17, 15) is 0 Å². The summed E-state index contributed by atoms with van der Waals surface area (Å²) >= 11 is 1.76. The lowest BCUT2D eigenvalue weighted by Gasteiger charge is -2.48. The average molecular weight is 461 g/mol. The maximum Gasteiger partial charge on any atom is 0.227 e. The Kier molecular flexibility index (Phi) is 5.19. The first kappa shape index (κ1) is 20.8. The normalized spacial score (nSPS) is 19.1. The summed E-state index contributed by atoms with van der Waals surface area (Å²) in [6, 6.07) is 39.9. The molecule has 0 bridgehead atoms. The smallest absolute Gasteiger partial charge is 0.227 e. The van der Waals surface area contributed by atoms with E-state index in [0.29, 0.717) is 0 Å². The van der Waals surface area contributed by atoms with Crippen LogP contribution in [0.2, 0.25) is 0 Å². The van der Waals surface area contributed by atoms with Crippen LogP contribution in [-0.2, 0) is 6.54 Å². The maximum absolute atomic E-state index is 5.21. The van der Waals surface area contributed by atoms with Crippen molar-refractivity contribution in [1.82, 2.24) is 0 Å². The highest BCUT2D eigenvalue weighted by molar-refractivity contribution is 8.16. The number of para-hydroxylation sites is 3. The van der Waals surface area contributed by atoms with E-state index in [0.717, 1.165) is 39.9 Å². The van der Waals surface area contributed by atoms with Crippen LogP contribution in [0.15, 0.2) is 125 Å². The van der Waals surface area contributed by atoms with Crippen molar-refractivity contribution >= 4 is 39.6 Å². The van der Waals surface area contributed by atoms with Gasteiger partial charge in [-0.1, -0.05) is 91.0 Å². The zero-order chi connectivity index (χ0) is 23.0. The number of rotatable bonds is 4. The van der Waals surface area contributed by atoms with Crippen LogP contribution in [0.5, 0.6) is 0 Å². The van der Waals surface area contributed by atoms with Gasteiger partial charge >= 0.3 is 0 Å². The minimum Gasteiger partial charge on any atom is -0.327 e. The SMILES string of the molecule is CC1=Nc2ccccc2N(Cc2ccccc2)C12SC(c1ccccc1)=NN2c1ccccc1. The van der Waals surface area contributed by atoms with Crippen molar-refractivity contribution in [2.45, 2.75) is 18.5 Å². The Balaban J connectivity index is 1.56. The molecule has 166 valence electrons. The summed E-state index contributed by atoms with van der Waals surface area (Å²) < 4.78 is 0. The van der Waals surface area contributed by atoms with Crippen molar-refractivity contribution in [3.8, 4) is 0 Å². The molecule has 0 N–H and O–H groups in total. The van der Waals surface area contributed by atoms with E-state index in [1.54, 1.807) is 11.8 Å². The van der Waals surface area contributed by atoms with Gasteiger partial charge in [-0.25, -0.2) is 5.01 Å². The molecule has 0 saturated carbocycles. The van der Waals surface area contributed by atoms with E-state index in [2.05, 4.69) is 120 Å². The Morgan fingerprint density at radius 1 is 0.735 bits per heavy atom. The first-order valence-electron chi connectivity index (χ1n) is 11.4. The van der Waals surface area contributed by atoms with Crippen molar-refractivity contribution in [3.05, 3.63) is 126 Å². The van der Waals surface area contributed by atoms with E-state index < -0.39 is 4.99 Å². The lowest BCUT2D eigenvalue weighted by Crippen LogP contribution is -2.61. The highest BCUT2D eigenvalue weighted by atomic mass is 32.2. The number of anilines is 2. The fraction of sp³-hybridized carbons (Fsp3) is 0.103. The summed E-state index contributed by atoms with van der Waals surface area (Å²) in [6.07, 6.45) is 0. The van der Waals surface area contributed by atoms with Crippen molar-refractivity contribution in [2.75, 3.05) is 9.91 Å². The largest absolute Gasteiger partial charge is 0.327 e. The van der Waals surface area contributed by atoms with Crippen molar-refractivity contribution in [2.24, 2.45) is 10.1 Å². The van der Waals surface area contributed by atoms with Gasteiger partial charge in [-0.15, -0.1) is 0 Å². The summed E-state index contributed by atoms with van der Waals surface area (Å²) in [4.78, 5) is 6.94. The molecule has 0 amide bonds. The van der Waals surface area contributed by atoms with Gasteiger partial charge in [-0.3, -0.25) is 4.99 Å². The summed E-state index contributed by atoms with van der Waals surface area (Å²) in [7, 11) is 0.